The fraction of sp³-hybridized carbons (Fsp3) is 0.450. The molecule has 0 spiro atoms. The SMILES string of the molecule is COc1cc2ncc(-c3nc(NC4CNCC4F)c(F)cc3F)n2nc1C1CCC1. The number of anilines is 1. The first kappa shape index (κ1) is 19.1. The molecule has 2 aliphatic rings. The summed E-state index contributed by atoms with van der Waals surface area (Å²) in [7, 11) is 1.58. The molecule has 1 saturated carbocycles. The zero-order chi connectivity index (χ0) is 20.8. The highest BCUT2D eigenvalue weighted by atomic mass is 19.1. The largest absolute Gasteiger partial charge is 0.495 e. The second kappa shape index (κ2) is 7.42. The highest BCUT2D eigenvalue weighted by Gasteiger charge is 2.29. The van der Waals surface area contributed by atoms with Crippen LogP contribution in [0.1, 0.15) is 30.9 Å². The number of fused-ring (bicyclic) bond motifs is 1. The molecule has 3 aromatic rings. The molecule has 0 amide bonds. The standard InChI is InChI=1S/C20H21F3N6O/c1-30-16-6-17-25-9-15(29(17)28-18(16)10-3-2-4-10)19-11(21)5-12(22)20(27-19)26-14-8-24-7-13(14)23/h5-6,9-10,13-14,24H,2-4,7-8H2,1H3,(H,26,27). The first-order valence-electron chi connectivity index (χ1n) is 9.95. The molecule has 30 heavy (non-hydrogen) atoms. The van der Waals surface area contributed by atoms with Crippen LogP contribution in [-0.2, 0) is 0 Å². The number of rotatable bonds is 5. The summed E-state index contributed by atoms with van der Waals surface area (Å²) in [6, 6.07) is 1.86. The van der Waals surface area contributed by atoms with Crippen molar-refractivity contribution in [2.24, 2.45) is 0 Å². The number of hydrogen-bond acceptors (Lipinski definition) is 6. The lowest BCUT2D eigenvalue weighted by atomic mass is 9.82. The summed E-state index contributed by atoms with van der Waals surface area (Å²) in [4.78, 5) is 8.41. The Balaban J connectivity index is 1.58. The molecule has 2 fully saturated rings. The van der Waals surface area contributed by atoms with Crippen LogP contribution in [0, 0.1) is 11.6 Å². The van der Waals surface area contributed by atoms with Gasteiger partial charge in [-0.05, 0) is 12.8 Å². The summed E-state index contributed by atoms with van der Waals surface area (Å²) in [5.74, 6) is -1.01. The Morgan fingerprint density at radius 3 is 2.70 bits per heavy atom. The lowest BCUT2D eigenvalue weighted by molar-refractivity contribution is 0.341. The van der Waals surface area contributed by atoms with Crippen LogP contribution in [0.3, 0.4) is 0 Å². The average molecular weight is 418 g/mol. The van der Waals surface area contributed by atoms with Crippen LogP contribution in [0.5, 0.6) is 5.75 Å². The molecule has 1 aliphatic carbocycles. The lowest BCUT2D eigenvalue weighted by Crippen LogP contribution is -2.30. The minimum atomic E-state index is -1.19. The molecule has 2 N–H and O–H groups in total. The minimum Gasteiger partial charge on any atom is -0.495 e. The van der Waals surface area contributed by atoms with Gasteiger partial charge in [0.05, 0.1) is 19.3 Å². The van der Waals surface area contributed by atoms with E-state index >= 15 is 0 Å². The summed E-state index contributed by atoms with van der Waals surface area (Å²) >= 11 is 0. The Labute approximate surface area is 170 Å². The average Bonchev–Trinajstić information content (AvgIpc) is 3.28. The molecule has 0 bridgehead atoms. The molecule has 2 atom stereocenters. The molecule has 7 nitrogen and oxygen atoms in total. The fourth-order valence-electron chi connectivity index (χ4n) is 3.91. The maximum atomic E-state index is 14.7. The Bertz CT molecular complexity index is 1100. The smallest absolute Gasteiger partial charge is 0.168 e. The topological polar surface area (TPSA) is 76.4 Å². The third-order valence-corrected chi connectivity index (χ3v) is 5.83. The second-order valence-electron chi connectivity index (χ2n) is 7.71. The van der Waals surface area contributed by atoms with E-state index in [1.165, 1.54) is 10.7 Å². The van der Waals surface area contributed by atoms with Gasteiger partial charge in [0.25, 0.3) is 0 Å². The molecule has 10 heteroatoms. The number of ether oxygens (including phenoxy) is 1. The molecular formula is C20H21F3N6O. The number of nitrogens with one attached hydrogen (secondary N) is 2. The monoisotopic (exact) mass is 418 g/mol. The van der Waals surface area contributed by atoms with Gasteiger partial charge in [-0.3, -0.25) is 0 Å². The van der Waals surface area contributed by atoms with Crippen molar-refractivity contribution in [1.82, 2.24) is 24.9 Å². The Morgan fingerprint density at radius 1 is 1.20 bits per heavy atom. The van der Waals surface area contributed by atoms with Crippen molar-refractivity contribution in [2.45, 2.75) is 37.4 Å². The van der Waals surface area contributed by atoms with Crippen LogP contribution in [0.15, 0.2) is 18.3 Å². The van der Waals surface area contributed by atoms with Crippen molar-refractivity contribution >= 4 is 11.5 Å². The van der Waals surface area contributed by atoms with Crippen LogP contribution in [-0.4, -0.2) is 52.0 Å². The molecule has 5 rings (SSSR count). The Morgan fingerprint density at radius 2 is 2.03 bits per heavy atom. The van der Waals surface area contributed by atoms with Gasteiger partial charge < -0.3 is 15.4 Å². The summed E-state index contributed by atoms with van der Waals surface area (Å²) in [5, 5.41) is 10.3. The van der Waals surface area contributed by atoms with E-state index < -0.39 is 23.8 Å². The number of hydrogen-bond donors (Lipinski definition) is 2. The second-order valence-corrected chi connectivity index (χ2v) is 7.71. The van der Waals surface area contributed by atoms with Crippen molar-refractivity contribution in [3.8, 4) is 17.1 Å². The third-order valence-electron chi connectivity index (χ3n) is 5.83. The van der Waals surface area contributed by atoms with Gasteiger partial charge in [-0.25, -0.2) is 27.7 Å². The number of pyridine rings is 1. The van der Waals surface area contributed by atoms with Crippen molar-refractivity contribution in [1.29, 1.82) is 0 Å². The van der Waals surface area contributed by atoms with Gasteiger partial charge in [-0.15, -0.1) is 0 Å². The first-order chi connectivity index (χ1) is 14.5. The maximum absolute atomic E-state index is 14.7. The van der Waals surface area contributed by atoms with Gasteiger partial charge in [0, 0.05) is 31.1 Å². The van der Waals surface area contributed by atoms with Crippen molar-refractivity contribution in [3.63, 3.8) is 0 Å². The van der Waals surface area contributed by atoms with E-state index in [9.17, 15) is 13.2 Å². The summed E-state index contributed by atoms with van der Waals surface area (Å²) in [5.41, 5.74) is 1.43. The summed E-state index contributed by atoms with van der Waals surface area (Å²) < 4.78 is 49.9. The molecular weight excluding hydrogens is 397 g/mol. The Kier molecular flexibility index (Phi) is 4.73. The van der Waals surface area contributed by atoms with Crippen LogP contribution < -0.4 is 15.4 Å². The molecule has 4 heterocycles. The van der Waals surface area contributed by atoms with Gasteiger partial charge in [0.1, 0.15) is 29.0 Å². The molecule has 158 valence electrons. The van der Waals surface area contributed by atoms with Gasteiger partial charge in [0.2, 0.25) is 0 Å². The zero-order valence-corrected chi connectivity index (χ0v) is 16.3. The van der Waals surface area contributed by atoms with E-state index in [2.05, 4.69) is 25.7 Å². The van der Waals surface area contributed by atoms with Crippen molar-refractivity contribution < 1.29 is 17.9 Å². The van der Waals surface area contributed by atoms with E-state index in [1.54, 1.807) is 13.2 Å². The number of aromatic nitrogens is 4. The number of nitrogens with zero attached hydrogens (tertiary/aromatic N) is 4. The quantitative estimate of drug-likeness (QED) is 0.663. The summed E-state index contributed by atoms with van der Waals surface area (Å²) in [6.45, 7) is 0.507. The lowest BCUT2D eigenvalue weighted by Gasteiger charge is -2.26. The number of halogens is 3. The van der Waals surface area contributed by atoms with E-state index in [0.717, 1.165) is 31.0 Å². The Hall–Kier alpha value is -2.88. The third kappa shape index (κ3) is 3.15. The normalized spacial score (nSPS) is 21.7. The van der Waals surface area contributed by atoms with Crippen LogP contribution in [0.2, 0.25) is 0 Å². The number of imidazole rings is 1. The predicted molar refractivity (Wildman–Crippen MR) is 104 cm³/mol. The molecule has 3 aromatic heterocycles. The van der Waals surface area contributed by atoms with Crippen LogP contribution >= 0.6 is 0 Å². The van der Waals surface area contributed by atoms with Crippen molar-refractivity contribution in [3.05, 3.63) is 35.7 Å². The van der Waals surface area contributed by atoms with Crippen LogP contribution in [0.4, 0.5) is 19.0 Å². The van der Waals surface area contributed by atoms with E-state index in [1.807, 2.05) is 0 Å². The highest BCUT2D eigenvalue weighted by Crippen LogP contribution is 2.40. The maximum Gasteiger partial charge on any atom is 0.168 e. The highest BCUT2D eigenvalue weighted by molar-refractivity contribution is 5.63. The first-order valence-corrected chi connectivity index (χ1v) is 9.95. The fourth-order valence-corrected chi connectivity index (χ4v) is 3.91. The zero-order valence-electron chi connectivity index (χ0n) is 16.3. The predicted octanol–water partition coefficient (Wildman–Crippen LogP) is 3.07. The van der Waals surface area contributed by atoms with Crippen LogP contribution in [0.25, 0.3) is 17.0 Å². The van der Waals surface area contributed by atoms with E-state index in [0.29, 0.717) is 17.9 Å². The van der Waals surface area contributed by atoms with Gasteiger partial charge >= 0.3 is 0 Å². The van der Waals surface area contributed by atoms with Gasteiger partial charge in [-0.2, -0.15) is 5.10 Å². The van der Waals surface area contributed by atoms with Gasteiger partial charge in [-0.1, -0.05) is 6.42 Å². The number of alkyl halides is 1. The molecule has 1 aliphatic heterocycles. The molecule has 2 unspecified atom stereocenters. The van der Waals surface area contributed by atoms with E-state index in [4.69, 9.17) is 4.74 Å². The van der Waals surface area contributed by atoms with E-state index in [-0.39, 0.29) is 29.7 Å². The van der Waals surface area contributed by atoms with Crippen molar-refractivity contribution in [2.75, 3.05) is 25.5 Å². The summed E-state index contributed by atoms with van der Waals surface area (Å²) in [6.07, 6.45) is 3.40. The van der Waals surface area contributed by atoms with Gasteiger partial charge in [0.15, 0.2) is 23.1 Å². The number of methoxy groups -OCH3 is 1. The molecule has 1 saturated heterocycles. The minimum absolute atomic E-state index is 0.106. The molecule has 0 aromatic carbocycles. The molecule has 0 radical (unpaired) electrons.